The number of aromatic nitrogens is 2. The minimum absolute atomic E-state index is 0.00729. The number of thiazole rings is 1. The van der Waals surface area contributed by atoms with Crippen molar-refractivity contribution in [3.63, 3.8) is 0 Å². The molecule has 0 saturated heterocycles. The van der Waals surface area contributed by atoms with E-state index in [1.807, 2.05) is 28.2 Å². The first-order valence-electron chi connectivity index (χ1n) is 6.26. The van der Waals surface area contributed by atoms with Crippen LogP contribution in [-0.4, -0.2) is 21.2 Å². The van der Waals surface area contributed by atoms with Crippen LogP contribution in [0.15, 0.2) is 46.9 Å². The number of rotatable bonds is 5. The van der Waals surface area contributed by atoms with E-state index in [9.17, 15) is 4.39 Å². The summed E-state index contributed by atoms with van der Waals surface area (Å²) in [5, 5.41) is 2.01. The molecular formula is C14H14FN3S2. The summed E-state index contributed by atoms with van der Waals surface area (Å²) < 4.78 is 15.1. The smallest absolute Gasteiger partial charge is 0.193 e. The molecule has 1 aromatic carbocycles. The molecule has 0 spiro atoms. The minimum Gasteiger partial charge on any atom is -0.327 e. The Bertz CT molecular complexity index is 679. The molecule has 1 unspecified atom stereocenters. The van der Waals surface area contributed by atoms with Gasteiger partial charge in [0.05, 0.1) is 5.69 Å². The minimum atomic E-state index is -0.210. The SMILES string of the molecule is NC(CSc1cccc(F)c1)Cc1cn2ccsc2n1. The van der Waals surface area contributed by atoms with Crippen molar-refractivity contribution in [2.75, 3.05) is 5.75 Å². The van der Waals surface area contributed by atoms with Crippen molar-refractivity contribution in [2.45, 2.75) is 17.4 Å². The van der Waals surface area contributed by atoms with Crippen LogP contribution in [0, 0.1) is 5.82 Å². The average Bonchev–Trinajstić information content (AvgIpc) is 2.97. The van der Waals surface area contributed by atoms with Crippen LogP contribution in [-0.2, 0) is 6.42 Å². The molecule has 0 fully saturated rings. The number of thioether (sulfide) groups is 1. The van der Waals surface area contributed by atoms with Crippen LogP contribution < -0.4 is 5.73 Å². The quantitative estimate of drug-likeness (QED) is 0.736. The van der Waals surface area contributed by atoms with Crippen LogP contribution >= 0.6 is 23.1 Å². The summed E-state index contributed by atoms with van der Waals surface area (Å²) in [6, 6.07) is 6.60. The van der Waals surface area contributed by atoms with E-state index in [0.29, 0.717) is 0 Å². The maximum atomic E-state index is 13.1. The first kappa shape index (κ1) is 13.6. The Hall–Kier alpha value is -1.37. The van der Waals surface area contributed by atoms with Crippen LogP contribution in [0.5, 0.6) is 0 Å². The highest BCUT2D eigenvalue weighted by Crippen LogP contribution is 2.20. The topological polar surface area (TPSA) is 43.3 Å². The van der Waals surface area contributed by atoms with Crippen LogP contribution in [0.3, 0.4) is 0 Å². The zero-order valence-electron chi connectivity index (χ0n) is 10.7. The summed E-state index contributed by atoms with van der Waals surface area (Å²) in [5.74, 6) is 0.534. The van der Waals surface area contributed by atoms with Crippen molar-refractivity contribution in [1.29, 1.82) is 0 Å². The van der Waals surface area contributed by atoms with Gasteiger partial charge in [0.2, 0.25) is 0 Å². The van der Waals surface area contributed by atoms with Gasteiger partial charge in [-0.2, -0.15) is 0 Å². The number of hydrogen-bond donors (Lipinski definition) is 1. The maximum absolute atomic E-state index is 13.1. The van der Waals surface area contributed by atoms with E-state index in [-0.39, 0.29) is 11.9 Å². The second-order valence-corrected chi connectivity index (χ2v) is 6.52. The normalized spacial score (nSPS) is 12.9. The Morgan fingerprint density at radius 2 is 2.35 bits per heavy atom. The van der Waals surface area contributed by atoms with Crippen molar-refractivity contribution >= 4 is 28.1 Å². The van der Waals surface area contributed by atoms with Gasteiger partial charge in [-0.05, 0) is 18.2 Å². The average molecular weight is 307 g/mol. The molecule has 0 aliphatic rings. The van der Waals surface area contributed by atoms with E-state index < -0.39 is 0 Å². The standard InChI is InChI=1S/C14H14FN3S2/c15-10-2-1-3-13(6-10)20-9-11(16)7-12-8-18-4-5-19-14(18)17-12/h1-6,8,11H,7,9,16H2. The Balaban J connectivity index is 1.57. The number of fused-ring (bicyclic) bond motifs is 1. The predicted molar refractivity (Wildman–Crippen MR) is 81.9 cm³/mol. The van der Waals surface area contributed by atoms with Crippen molar-refractivity contribution in [1.82, 2.24) is 9.38 Å². The second kappa shape index (κ2) is 5.95. The van der Waals surface area contributed by atoms with Crippen molar-refractivity contribution in [2.24, 2.45) is 5.73 Å². The van der Waals surface area contributed by atoms with Crippen molar-refractivity contribution < 1.29 is 4.39 Å². The van der Waals surface area contributed by atoms with Gasteiger partial charge in [0, 0.05) is 40.9 Å². The van der Waals surface area contributed by atoms with Gasteiger partial charge in [-0.25, -0.2) is 9.37 Å². The lowest BCUT2D eigenvalue weighted by Crippen LogP contribution is -2.25. The van der Waals surface area contributed by atoms with E-state index >= 15 is 0 Å². The number of nitrogens with two attached hydrogens (primary N) is 1. The zero-order valence-corrected chi connectivity index (χ0v) is 12.3. The summed E-state index contributed by atoms with van der Waals surface area (Å²) in [6.45, 7) is 0. The Morgan fingerprint density at radius 3 is 3.15 bits per heavy atom. The van der Waals surface area contributed by atoms with Crippen LogP contribution in [0.1, 0.15) is 5.69 Å². The first-order chi connectivity index (χ1) is 9.70. The molecule has 3 nitrogen and oxygen atoms in total. The fourth-order valence-corrected chi connectivity index (χ4v) is 3.58. The van der Waals surface area contributed by atoms with Gasteiger partial charge < -0.3 is 5.73 Å². The molecule has 2 heterocycles. The number of imidazole rings is 1. The van der Waals surface area contributed by atoms with E-state index in [0.717, 1.165) is 27.7 Å². The van der Waals surface area contributed by atoms with Gasteiger partial charge in [0.25, 0.3) is 0 Å². The summed E-state index contributed by atoms with van der Waals surface area (Å²) in [5.41, 5.74) is 7.13. The first-order valence-corrected chi connectivity index (χ1v) is 8.12. The molecule has 0 aliphatic heterocycles. The van der Waals surface area contributed by atoms with Gasteiger partial charge in [-0.3, -0.25) is 4.40 Å². The Morgan fingerprint density at radius 1 is 1.45 bits per heavy atom. The van der Waals surface area contributed by atoms with Crippen molar-refractivity contribution in [3.05, 3.63) is 53.6 Å². The van der Waals surface area contributed by atoms with Gasteiger partial charge >= 0.3 is 0 Å². The lowest BCUT2D eigenvalue weighted by atomic mass is 10.2. The molecule has 104 valence electrons. The lowest BCUT2D eigenvalue weighted by molar-refractivity contribution is 0.624. The molecule has 0 amide bonds. The molecule has 0 aliphatic carbocycles. The Labute approximate surface area is 124 Å². The molecule has 0 bridgehead atoms. The third-order valence-corrected chi connectivity index (χ3v) is 4.83. The molecular weight excluding hydrogens is 293 g/mol. The molecule has 0 saturated carbocycles. The third kappa shape index (κ3) is 3.20. The number of hydrogen-bond acceptors (Lipinski definition) is 4. The molecule has 1 atom stereocenters. The fraction of sp³-hybridized carbons (Fsp3) is 0.214. The molecule has 3 rings (SSSR count). The van der Waals surface area contributed by atoms with Gasteiger partial charge in [-0.15, -0.1) is 23.1 Å². The second-order valence-electron chi connectivity index (χ2n) is 4.56. The van der Waals surface area contributed by atoms with Crippen LogP contribution in [0.2, 0.25) is 0 Å². The van der Waals surface area contributed by atoms with Crippen molar-refractivity contribution in [3.8, 4) is 0 Å². The van der Waals surface area contributed by atoms with Gasteiger partial charge in [0.1, 0.15) is 5.82 Å². The molecule has 2 N–H and O–H groups in total. The molecule has 0 radical (unpaired) electrons. The monoisotopic (exact) mass is 307 g/mol. The summed E-state index contributed by atoms with van der Waals surface area (Å²) in [6.07, 6.45) is 4.73. The molecule has 3 aromatic rings. The molecule has 2 aromatic heterocycles. The van der Waals surface area contributed by atoms with E-state index in [4.69, 9.17) is 5.73 Å². The van der Waals surface area contributed by atoms with Gasteiger partial charge in [-0.1, -0.05) is 6.07 Å². The predicted octanol–water partition coefficient (Wildman–Crippen LogP) is 3.20. The summed E-state index contributed by atoms with van der Waals surface area (Å²) in [4.78, 5) is 6.41. The summed E-state index contributed by atoms with van der Waals surface area (Å²) in [7, 11) is 0. The van der Waals surface area contributed by atoms with Crippen LogP contribution in [0.4, 0.5) is 4.39 Å². The molecule has 6 heteroatoms. The maximum Gasteiger partial charge on any atom is 0.193 e. The van der Waals surface area contributed by atoms with Crippen LogP contribution in [0.25, 0.3) is 4.96 Å². The number of benzene rings is 1. The zero-order chi connectivity index (χ0) is 13.9. The highest BCUT2D eigenvalue weighted by molar-refractivity contribution is 7.99. The largest absolute Gasteiger partial charge is 0.327 e. The molecule has 20 heavy (non-hydrogen) atoms. The summed E-state index contributed by atoms with van der Waals surface area (Å²) >= 11 is 3.19. The Kier molecular flexibility index (Phi) is 4.05. The lowest BCUT2D eigenvalue weighted by Gasteiger charge is -2.09. The van der Waals surface area contributed by atoms with E-state index in [2.05, 4.69) is 4.98 Å². The van der Waals surface area contributed by atoms with Gasteiger partial charge in [0.15, 0.2) is 4.96 Å². The highest BCUT2D eigenvalue weighted by atomic mass is 32.2. The van der Waals surface area contributed by atoms with E-state index in [1.165, 1.54) is 12.1 Å². The third-order valence-electron chi connectivity index (χ3n) is 2.87. The number of nitrogens with zero attached hydrogens (tertiary/aromatic N) is 2. The highest BCUT2D eigenvalue weighted by Gasteiger charge is 2.09. The fourth-order valence-electron chi connectivity index (χ4n) is 1.96. The number of halogens is 1. The van der Waals surface area contributed by atoms with E-state index in [1.54, 1.807) is 29.2 Å².